The van der Waals surface area contributed by atoms with E-state index in [0.717, 1.165) is 78.1 Å². The van der Waals surface area contributed by atoms with E-state index in [4.69, 9.17) is 15.0 Å². The molecule has 0 saturated carbocycles. The Hall–Kier alpha value is -6.93. The van der Waals surface area contributed by atoms with Crippen LogP contribution in [0.1, 0.15) is 39.0 Å². The summed E-state index contributed by atoms with van der Waals surface area (Å²) in [6.07, 6.45) is 2.11. The second-order valence-corrected chi connectivity index (χ2v) is 16.3. The molecular formula is C47H34N8. The molecule has 55 heavy (non-hydrogen) atoms. The Labute approximate surface area is 314 Å². The number of imidazole rings is 5. The van der Waals surface area contributed by atoms with Gasteiger partial charge in [0.25, 0.3) is 0 Å². The summed E-state index contributed by atoms with van der Waals surface area (Å²) >= 11 is 0. The van der Waals surface area contributed by atoms with Crippen molar-refractivity contribution in [1.82, 2.24) is 37.3 Å². The van der Waals surface area contributed by atoms with Gasteiger partial charge in [0, 0.05) is 39.2 Å². The van der Waals surface area contributed by atoms with Gasteiger partial charge in [0.05, 0.1) is 55.3 Å². The van der Waals surface area contributed by atoms with Crippen LogP contribution in [0.5, 0.6) is 0 Å². The van der Waals surface area contributed by atoms with E-state index >= 15 is 0 Å². The van der Waals surface area contributed by atoms with Gasteiger partial charge in [0.1, 0.15) is 5.65 Å². The Morgan fingerprint density at radius 2 is 1.05 bits per heavy atom. The largest absolute Gasteiger partial charge is 0.295 e. The van der Waals surface area contributed by atoms with E-state index in [1.165, 1.54) is 27.5 Å². The maximum Gasteiger partial charge on any atom is 0.220 e. The summed E-state index contributed by atoms with van der Waals surface area (Å²) in [4.78, 5) is 15.6. The number of fused-ring (bicyclic) bond motifs is 13. The summed E-state index contributed by atoms with van der Waals surface area (Å²) in [7, 11) is 0. The van der Waals surface area contributed by atoms with Crippen LogP contribution in [0.15, 0.2) is 134 Å². The number of para-hydroxylation sites is 7. The van der Waals surface area contributed by atoms with Crippen LogP contribution in [0.2, 0.25) is 0 Å². The molecule has 1 aliphatic heterocycles. The average Bonchev–Trinajstić information content (AvgIpc) is 4.01. The van der Waals surface area contributed by atoms with E-state index < -0.39 is 0 Å². The molecule has 0 aliphatic carbocycles. The lowest BCUT2D eigenvalue weighted by Crippen LogP contribution is -2.44. The summed E-state index contributed by atoms with van der Waals surface area (Å²) in [6, 6.07) is 45.8. The third-order valence-corrected chi connectivity index (χ3v) is 13.2. The molecular weight excluding hydrogens is 677 g/mol. The fourth-order valence-corrected chi connectivity index (χ4v) is 9.85. The molecule has 8 nitrogen and oxygen atoms in total. The zero-order chi connectivity index (χ0) is 36.5. The lowest BCUT2D eigenvalue weighted by atomic mass is 9.61. The Morgan fingerprint density at radius 3 is 1.78 bits per heavy atom. The van der Waals surface area contributed by atoms with Crippen LogP contribution < -0.4 is 0 Å². The van der Waals surface area contributed by atoms with Crippen LogP contribution in [-0.4, -0.2) is 37.3 Å². The Kier molecular flexibility index (Phi) is 5.15. The number of rotatable bonds is 2. The van der Waals surface area contributed by atoms with Crippen LogP contribution in [0.3, 0.4) is 0 Å². The first kappa shape index (κ1) is 29.5. The molecule has 12 aromatic rings. The normalized spacial score (nSPS) is 15.2. The maximum absolute atomic E-state index is 5.28. The molecule has 8 heteroatoms. The van der Waals surface area contributed by atoms with E-state index in [2.05, 4.69) is 184 Å². The van der Waals surface area contributed by atoms with E-state index in [0.29, 0.717) is 0 Å². The second-order valence-electron chi connectivity index (χ2n) is 16.3. The summed E-state index contributed by atoms with van der Waals surface area (Å²) in [6.45, 7) is 9.46. The van der Waals surface area contributed by atoms with Gasteiger partial charge in [-0.1, -0.05) is 88.4 Å². The molecule has 6 aromatic heterocycles. The van der Waals surface area contributed by atoms with Crippen LogP contribution in [0.4, 0.5) is 0 Å². The number of hydrogen-bond donors (Lipinski definition) is 0. The molecule has 1 aliphatic rings. The summed E-state index contributed by atoms with van der Waals surface area (Å²) < 4.78 is 11.6. The standard InChI is InChI=1S/C47H34N8/c1-46(2)32-13-11-12-30-29-22-20-27(24-31(29)43-48-26-41(47(46,3)4)55(43)42(30)32)52-40-25-28(21-23-39(40)54-36-17-8-6-15-34(36)50-45(52)54)51-37-18-9-10-19-38(37)53-35-16-7-5-14-33(35)49-44(51)53/h5-26H,1-4H3. The van der Waals surface area contributed by atoms with Crippen molar-refractivity contribution in [2.45, 2.75) is 38.5 Å². The van der Waals surface area contributed by atoms with E-state index in [-0.39, 0.29) is 10.8 Å². The van der Waals surface area contributed by atoms with Crippen LogP contribution in [-0.2, 0) is 10.8 Å². The molecule has 0 radical (unpaired) electrons. The molecule has 13 rings (SSSR count). The zero-order valence-corrected chi connectivity index (χ0v) is 30.8. The molecule has 0 saturated heterocycles. The number of nitrogens with zero attached hydrogens (tertiary/aromatic N) is 8. The van der Waals surface area contributed by atoms with Crippen LogP contribution in [0.25, 0.3) is 94.4 Å². The Morgan fingerprint density at radius 1 is 0.455 bits per heavy atom. The summed E-state index contributed by atoms with van der Waals surface area (Å²) in [5.74, 6) is 1.76. The number of hydrogen-bond acceptors (Lipinski definition) is 3. The lowest BCUT2D eigenvalue weighted by molar-refractivity contribution is 0.288. The van der Waals surface area contributed by atoms with Gasteiger partial charge < -0.3 is 0 Å². The molecule has 0 unspecified atom stereocenters. The third kappa shape index (κ3) is 3.38. The fourth-order valence-electron chi connectivity index (χ4n) is 9.85. The van der Waals surface area contributed by atoms with Crippen molar-refractivity contribution < 1.29 is 0 Å². The van der Waals surface area contributed by atoms with Crippen molar-refractivity contribution in [2.75, 3.05) is 0 Å². The van der Waals surface area contributed by atoms with Gasteiger partial charge in [-0.15, -0.1) is 0 Å². The highest BCUT2D eigenvalue weighted by Crippen LogP contribution is 2.51. The van der Waals surface area contributed by atoms with Crippen molar-refractivity contribution in [2.24, 2.45) is 0 Å². The predicted octanol–water partition coefficient (Wildman–Crippen LogP) is 10.7. The van der Waals surface area contributed by atoms with Gasteiger partial charge in [0.2, 0.25) is 11.6 Å². The Bertz CT molecular complexity index is 3670. The highest BCUT2D eigenvalue weighted by atomic mass is 15.2. The smallest absolute Gasteiger partial charge is 0.220 e. The second kappa shape index (κ2) is 9.59. The molecule has 0 amide bonds. The van der Waals surface area contributed by atoms with Crippen molar-refractivity contribution >= 4 is 83.0 Å². The first-order valence-corrected chi connectivity index (χ1v) is 19.0. The van der Waals surface area contributed by atoms with Crippen LogP contribution in [0, 0.1) is 0 Å². The molecule has 6 aromatic carbocycles. The molecule has 262 valence electrons. The molecule has 0 bridgehead atoms. The van der Waals surface area contributed by atoms with Gasteiger partial charge in [0.15, 0.2) is 0 Å². The van der Waals surface area contributed by atoms with Gasteiger partial charge in [-0.05, 0) is 77.7 Å². The van der Waals surface area contributed by atoms with E-state index in [1.807, 2.05) is 0 Å². The lowest BCUT2D eigenvalue weighted by Gasteiger charge is -2.45. The predicted molar refractivity (Wildman–Crippen MR) is 222 cm³/mol. The first-order chi connectivity index (χ1) is 26.8. The minimum Gasteiger partial charge on any atom is -0.295 e. The Balaban J connectivity index is 1.14. The van der Waals surface area contributed by atoms with Crippen molar-refractivity contribution in [3.8, 4) is 11.4 Å². The number of aromatic nitrogens is 8. The average molecular weight is 711 g/mol. The molecule has 0 atom stereocenters. The number of benzene rings is 6. The van der Waals surface area contributed by atoms with E-state index in [9.17, 15) is 0 Å². The van der Waals surface area contributed by atoms with Gasteiger partial charge in [-0.3, -0.25) is 22.3 Å². The quantitative estimate of drug-likeness (QED) is 0.168. The monoisotopic (exact) mass is 710 g/mol. The highest BCUT2D eigenvalue weighted by Gasteiger charge is 2.46. The summed E-state index contributed by atoms with van der Waals surface area (Å²) in [5, 5.41) is 3.58. The first-order valence-electron chi connectivity index (χ1n) is 19.0. The van der Waals surface area contributed by atoms with Crippen molar-refractivity contribution in [3.05, 3.63) is 145 Å². The minimum atomic E-state index is -0.122. The third-order valence-electron chi connectivity index (χ3n) is 13.2. The topological polar surface area (TPSA) is 61.8 Å². The zero-order valence-electron chi connectivity index (χ0n) is 30.8. The van der Waals surface area contributed by atoms with Crippen molar-refractivity contribution in [3.63, 3.8) is 0 Å². The molecule has 0 spiro atoms. The number of pyridine rings is 1. The maximum atomic E-state index is 5.28. The van der Waals surface area contributed by atoms with Crippen LogP contribution >= 0.6 is 0 Å². The van der Waals surface area contributed by atoms with Gasteiger partial charge >= 0.3 is 0 Å². The van der Waals surface area contributed by atoms with Gasteiger partial charge in [-0.25, -0.2) is 15.0 Å². The van der Waals surface area contributed by atoms with Gasteiger partial charge in [-0.2, -0.15) is 0 Å². The molecule has 0 fully saturated rings. The highest BCUT2D eigenvalue weighted by molar-refractivity contribution is 6.14. The molecule has 7 heterocycles. The van der Waals surface area contributed by atoms with Crippen molar-refractivity contribution in [1.29, 1.82) is 0 Å². The summed E-state index contributed by atoms with van der Waals surface area (Å²) in [5.41, 5.74) is 15.2. The van der Waals surface area contributed by atoms with E-state index in [1.54, 1.807) is 0 Å². The SMILES string of the molecule is CC1(C)c2cccc3c4ccc(-n5c6cc(-n7c8ccccc8n8c9ccccc9nc78)ccc6n6c7ccccc7nc56)cc4c4ncc(n4c23)C1(C)C. The molecule has 0 N–H and O–H groups in total. The minimum absolute atomic E-state index is 0.0706. The fraction of sp³-hybridized carbons (Fsp3) is 0.128.